The normalized spacial score (nSPS) is 10.4. The van der Waals surface area contributed by atoms with Gasteiger partial charge in [0.25, 0.3) is 11.8 Å². The van der Waals surface area contributed by atoms with Crippen LogP contribution in [0.25, 0.3) is 0 Å². The van der Waals surface area contributed by atoms with Gasteiger partial charge in [0, 0.05) is 30.3 Å². The Bertz CT molecular complexity index is 999. The number of hydrogen-bond donors (Lipinski definition) is 2. The molecule has 0 fully saturated rings. The standard InChI is InChI=1S/C20H19BrN4O3/c1-22-20(27)18-17(11-25(2)24-18)23-19(26)14-5-3-4-13(10-14)12-28-16-8-6-15(21)7-9-16/h3-11H,12H2,1-2H3,(H,22,27)(H,23,26). The monoisotopic (exact) mass is 442 g/mol. The van der Waals surface area contributed by atoms with Gasteiger partial charge in [-0.3, -0.25) is 14.3 Å². The zero-order chi connectivity index (χ0) is 20.1. The van der Waals surface area contributed by atoms with Crippen LogP contribution < -0.4 is 15.4 Å². The summed E-state index contributed by atoms with van der Waals surface area (Å²) in [6, 6.07) is 14.7. The molecule has 0 saturated heterocycles. The maximum atomic E-state index is 12.6. The maximum absolute atomic E-state index is 12.6. The van der Waals surface area contributed by atoms with Gasteiger partial charge < -0.3 is 15.4 Å². The second-order valence-corrected chi connectivity index (χ2v) is 6.96. The van der Waals surface area contributed by atoms with Gasteiger partial charge >= 0.3 is 0 Å². The molecule has 2 amide bonds. The van der Waals surface area contributed by atoms with E-state index in [2.05, 4.69) is 31.7 Å². The third kappa shape index (κ3) is 4.77. The SMILES string of the molecule is CNC(=O)c1nn(C)cc1NC(=O)c1cccc(COc2ccc(Br)cc2)c1. The molecule has 0 spiro atoms. The topological polar surface area (TPSA) is 85.3 Å². The molecule has 0 unspecified atom stereocenters. The molecule has 3 rings (SSSR count). The molecule has 0 radical (unpaired) electrons. The highest BCUT2D eigenvalue weighted by molar-refractivity contribution is 9.10. The number of halogens is 1. The van der Waals surface area contributed by atoms with Gasteiger partial charge in [0.05, 0.1) is 5.69 Å². The molecule has 8 heteroatoms. The third-order valence-electron chi connectivity index (χ3n) is 3.93. The Labute approximate surface area is 170 Å². The van der Waals surface area contributed by atoms with Crippen molar-refractivity contribution in [2.75, 3.05) is 12.4 Å². The van der Waals surface area contributed by atoms with Gasteiger partial charge in [-0.05, 0) is 42.0 Å². The number of rotatable bonds is 6. The Balaban J connectivity index is 1.70. The van der Waals surface area contributed by atoms with E-state index in [1.54, 1.807) is 31.4 Å². The molecule has 3 aromatic rings. The van der Waals surface area contributed by atoms with Crippen LogP contribution in [0.2, 0.25) is 0 Å². The van der Waals surface area contributed by atoms with Crippen LogP contribution in [0.3, 0.4) is 0 Å². The van der Waals surface area contributed by atoms with E-state index in [0.717, 1.165) is 15.8 Å². The predicted molar refractivity (Wildman–Crippen MR) is 109 cm³/mol. The molecule has 28 heavy (non-hydrogen) atoms. The van der Waals surface area contributed by atoms with Crippen molar-refractivity contribution in [1.82, 2.24) is 15.1 Å². The number of aromatic nitrogens is 2. The summed E-state index contributed by atoms with van der Waals surface area (Å²) < 4.78 is 8.20. The summed E-state index contributed by atoms with van der Waals surface area (Å²) >= 11 is 3.38. The Morgan fingerprint density at radius 2 is 1.89 bits per heavy atom. The highest BCUT2D eigenvalue weighted by Gasteiger charge is 2.17. The van der Waals surface area contributed by atoms with Crippen LogP contribution in [0, 0.1) is 0 Å². The zero-order valence-corrected chi connectivity index (χ0v) is 17.0. The summed E-state index contributed by atoms with van der Waals surface area (Å²) in [4.78, 5) is 24.5. The average molecular weight is 443 g/mol. The minimum absolute atomic E-state index is 0.160. The van der Waals surface area contributed by atoms with E-state index in [4.69, 9.17) is 4.74 Å². The maximum Gasteiger partial charge on any atom is 0.273 e. The lowest BCUT2D eigenvalue weighted by molar-refractivity contribution is 0.0958. The van der Waals surface area contributed by atoms with Crippen molar-refractivity contribution in [1.29, 1.82) is 0 Å². The van der Waals surface area contributed by atoms with Crippen molar-refractivity contribution < 1.29 is 14.3 Å². The first-order chi connectivity index (χ1) is 13.5. The second kappa shape index (κ2) is 8.71. The molecule has 2 aromatic carbocycles. The van der Waals surface area contributed by atoms with E-state index >= 15 is 0 Å². The highest BCUT2D eigenvalue weighted by atomic mass is 79.9. The van der Waals surface area contributed by atoms with E-state index < -0.39 is 0 Å². The van der Waals surface area contributed by atoms with Gasteiger partial charge in [-0.1, -0.05) is 28.1 Å². The van der Waals surface area contributed by atoms with Crippen LogP contribution >= 0.6 is 15.9 Å². The number of amides is 2. The van der Waals surface area contributed by atoms with Crippen LogP contribution in [-0.2, 0) is 13.7 Å². The van der Waals surface area contributed by atoms with Crippen LogP contribution in [0.1, 0.15) is 26.4 Å². The lowest BCUT2D eigenvalue weighted by Crippen LogP contribution is -2.21. The average Bonchev–Trinajstić information content (AvgIpc) is 3.07. The molecule has 1 heterocycles. The van der Waals surface area contributed by atoms with Crippen LogP contribution in [0.15, 0.2) is 59.2 Å². The molecular weight excluding hydrogens is 424 g/mol. The van der Waals surface area contributed by atoms with Crippen molar-refractivity contribution >= 4 is 33.4 Å². The first-order valence-corrected chi connectivity index (χ1v) is 9.30. The summed E-state index contributed by atoms with van der Waals surface area (Å²) in [5.41, 5.74) is 1.83. The van der Waals surface area contributed by atoms with Crippen molar-refractivity contribution in [3.05, 3.63) is 76.0 Å². The predicted octanol–water partition coefficient (Wildman–Crippen LogP) is 3.37. The molecule has 0 saturated carbocycles. The lowest BCUT2D eigenvalue weighted by atomic mass is 10.1. The molecule has 0 bridgehead atoms. The molecule has 144 valence electrons. The first kappa shape index (κ1) is 19.6. The molecule has 0 aliphatic heterocycles. The number of benzene rings is 2. The Hall–Kier alpha value is -3.13. The Morgan fingerprint density at radius 3 is 2.61 bits per heavy atom. The fourth-order valence-electron chi connectivity index (χ4n) is 2.56. The number of carbonyl (C=O) groups is 2. The van der Waals surface area contributed by atoms with Crippen molar-refractivity contribution in [2.24, 2.45) is 7.05 Å². The summed E-state index contributed by atoms with van der Waals surface area (Å²) in [7, 11) is 3.19. The van der Waals surface area contributed by atoms with Gasteiger partial charge in [0.1, 0.15) is 12.4 Å². The first-order valence-electron chi connectivity index (χ1n) is 8.50. The van der Waals surface area contributed by atoms with Gasteiger partial charge in [-0.15, -0.1) is 0 Å². The quantitative estimate of drug-likeness (QED) is 0.612. The molecule has 0 aliphatic carbocycles. The lowest BCUT2D eigenvalue weighted by Gasteiger charge is -2.09. The van der Waals surface area contributed by atoms with E-state index in [-0.39, 0.29) is 17.5 Å². The molecular formula is C20H19BrN4O3. The largest absolute Gasteiger partial charge is 0.489 e. The molecule has 1 aromatic heterocycles. The Kier molecular flexibility index (Phi) is 6.10. The van der Waals surface area contributed by atoms with E-state index in [0.29, 0.717) is 17.9 Å². The van der Waals surface area contributed by atoms with E-state index in [1.807, 2.05) is 30.3 Å². The van der Waals surface area contributed by atoms with E-state index in [1.165, 1.54) is 11.7 Å². The summed E-state index contributed by atoms with van der Waals surface area (Å²) in [5.74, 6) is 0.0415. The number of nitrogens with one attached hydrogen (secondary N) is 2. The highest BCUT2D eigenvalue weighted by Crippen LogP contribution is 2.19. The number of ether oxygens (including phenoxy) is 1. The van der Waals surface area contributed by atoms with Gasteiger partial charge in [0.15, 0.2) is 5.69 Å². The molecule has 0 atom stereocenters. The minimum atomic E-state index is -0.368. The summed E-state index contributed by atoms with van der Waals surface area (Å²) in [5, 5.41) is 9.33. The fraction of sp³-hybridized carbons (Fsp3) is 0.150. The molecule has 0 aliphatic rings. The van der Waals surface area contributed by atoms with Crippen LogP contribution in [-0.4, -0.2) is 28.6 Å². The number of hydrogen-bond acceptors (Lipinski definition) is 4. The summed E-state index contributed by atoms with van der Waals surface area (Å²) in [6.07, 6.45) is 1.59. The number of nitrogens with zero attached hydrogens (tertiary/aromatic N) is 2. The number of aryl methyl sites for hydroxylation is 1. The van der Waals surface area contributed by atoms with Crippen LogP contribution in [0.5, 0.6) is 5.75 Å². The number of carbonyl (C=O) groups excluding carboxylic acids is 2. The van der Waals surface area contributed by atoms with Crippen LogP contribution in [0.4, 0.5) is 5.69 Å². The van der Waals surface area contributed by atoms with E-state index in [9.17, 15) is 9.59 Å². The summed E-state index contributed by atoms with van der Waals surface area (Å²) in [6.45, 7) is 0.332. The van der Waals surface area contributed by atoms with Crippen molar-refractivity contribution in [3.63, 3.8) is 0 Å². The van der Waals surface area contributed by atoms with Gasteiger partial charge in [0.2, 0.25) is 0 Å². The third-order valence-corrected chi connectivity index (χ3v) is 4.46. The van der Waals surface area contributed by atoms with Crippen molar-refractivity contribution in [3.8, 4) is 5.75 Å². The van der Waals surface area contributed by atoms with Gasteiger partial charge in [-0.25, -0.2) is 0 Å². The molecule has 2 N–H and O–H groups in total. The molecule has 7 nitrogen and oxygen atoms in total. The second-order valence-electron chi connectivity index (χ2n) is 6.04. The zero-order valence-electron chi connectivity index (χ0n) is 15.4. The minimum Gasteiger partial charge on any atom is -0.489 e. The Morgan fingerprint density at radius 1 is 1.14 bits per heavy atom. The fourth-order valence-corrected chi connectivity index (χ4v) is 2.82. The smallest absolute Gasteiger partial charge is 0.273 e. The van der Waals surface area contributed by atoms with Gasteiger partial charge in [-0.2, -0.15) is 5.10 Å². The van der Waals surface area contributed by atoms with Crippen molar-refractivity contribution in [2.45, 2.75) is 6.61 Å². The number of anilines is 1.